The molecule has 0 aliphatic carbocycles. The molecule has 166 valence electrons. The lowest BCUT2D eigenvalue weighted by Gasteiger charge is -2.34. The summed E-state index contributed by atoms with van der Waals surface area (Å²) < 4.78 is 12.0. The van der Waals surface area contributed by atoms with Gasteiger partial charge in [0.1, 0.15) is 12.3 Å². The molecule has 9 heteroatoms. The monoisotopic (exact) mass is 428 g/mol. The van der Waals surface area contributed by atoms with Crippen molar-refractivity contribution in [3.63, 3.8) is 0 Å². The first-order valence-electron chi connectivity index (χ1n) is 10.1. The molecule has 1 aromatic carbocycles. The number of anilines is 1. The minimum Gasteiger partial charge on any atom is -0.497 e. The highest BCUT2D eigenvalue weighted by Gasteiger charge is 2.20. The molecule has 0 atom stereocenters. The number of nitrogens with one attached hydrogen (secondary N) is 1. The number of aromatic nitrogens is 1. The second kappa shape index (κ2) is 10.1. The van der Waals surface area contributed by atoms with Crippen LogP contribution in [-0.4, -0.2) is 66.6 Å². The van der Waals surface area contributed by atoms with Crippen molar-refractivity contribution in [2.75, 3.05) is 45.7 Å². The van der Waals surface area contributed by atoms with Gasteiger partial charge in [-0.2, -0.15) is 0 Å². The van der Waals surface area contributed by atoms with Gasteiger partial charge in [-0.1, -0.05) is 0 Å². The van der Waals surface area contributed by atoms with Gasteiger partial charge in [0.15, 0.2) is 5.75 Å². The van der Waals surface area contributed by atoms with Gasteiger partial charge in [0.25, 0.3) is 0 Å². The third kappa shape index (κ3) is 5.85. The van der Waals surface area contributed by atoms with Crippen molar-refractivity contribution >= 4 is 17.5 Å². The number of hydrogen-bond acceptors (Lipinski definition) is 6. The van der Waals surface area contributed by atoms with Crippen LogP contribution in [-0.2, 0) is 22.7 Å². The fraction of sp³-hybridized carbons (Fsp3) is 0.409. The fourth-order valence-corrected chi connectivity index (χ4v) is 3.51. The van der Waals surface area contributed by atoms with Crippen molar-refractivity contribution in [1.82, 2.24) is 14.4 Å². The molecule has 0 bridgehead atoms. The molecule has 31 heavy (non-hydrogen) atoms. The van der Waals surface area contributed by atoms with Gasteiger partial charge in [-0.25, -0.2) is 0 Å². The summed E-state index contributed by atoms with van der Waals surface area (Å²) in [5.41, 5.74) is 1.14. The van der Waals surface area contributed by atoms with Crippen LogP contribution in [0.3, 0.4) is 0 Å². The number of carbonyl (C=O) groups is 2. The molecule has 0 spiro atoms. The first-order chi connectivity index (χ1) is 14.9. The molecular weight excluding hydrogens is 400 g/mol. The Morgan fingerprint density at radius 1 is 1.03 bits per heavy atom. The first-order valence-corrected chi connectivity index (χ1v) is 10.1. The number of benzene rings is 1. The Balaban J connectivity index is 1.72. The second-order valence-electron chi connectivity index (χ2n) is 7.38. The molecule has 1 fully saturated rings. The lowest BCUT2D eigenvalue weighted by Crippen LogP contribution is -2.47. The normalized spacial score (nSPS) is 14.2. The molecule has 2 aromatic rings. The fourth-order valence-electron chi connectivity index (χ4n) is 3.51. The number of pyridine rings is 1. The van der Waals surface area contributed by atoms with E-state index in [9.17, 15) is 14.4 Å². The molecule has 2 heterocycles. The van der Waals surface area contributed by atoms with E-state index >= 15 is 0 Å². The lowest BCUT2D eigenvalue weighted by atomic mass is 10.2. The van der Waals surface area contributed by atoms with Crippen LogP contribution in [0.5, 0.6) is 11.5 Å². The van der Waals surface area contributed by atoms with Crippen molar-refractivity contribution in [3.05, 3.63) is 52.4 Å². The van der Waals surface area contributed by atoms with Crippen molar-refractivity contribution in [2.45, 2.75) is 20.0 Å². The molecule has 3 rings (SSSR count). The van der Waals surface area contributed by atoms with Gasteiger partial charge in [0.05, 0.1) is 20.4 Å². The highest BCUT2D eigenvalue weighted by atomic mass is 16.5. The van der Waals surface area contributed by atoms with E-state index in [1.54, 1.807) is 54.0 Å². The van der Waals surface area contributed by atoms with E-state index in [4.69, 9.17) is 9.47 Å². The Morgan fingerprint density at radius 3 is 2.29 bits per heavy atom. The predicted octanol–water partition coefficient (Wildman–Crippen LogP) is 1.17. The number of rotatable bonds is 7. The highest BCUT2D eigenvalue weighted by Crippen LogP contribution is 2.16. The summed E-state index contributed by atoms with van der Waals surface area (Å²) in [6, 6.07) is 8.57. The van der Waals surface area contributed by atoms with Gasteiger partial charge in [-0.3, -0.25) is 19.3 Å². The van der Waals surface area contributed by atoms with E-state index in [0.717, 1.165) is 0 Å². The number of amides is 2. The maximum atomic E-state index is 12.6. The van der Waals surface area contributed by atoms with E-state index in [1.165, 1.54) is 13.2 Å². The summed E-state index contributed by atoms with van der Waals surface area (Å²) in [5, 5.41) is 2.85. The SMILES string of the molecule is COc1ccc(NC(=O)Cn2cc(OC)c(=O)cc2CN2CCN(C(C)=O)CC2)cc1. The van der Waals surface area contributed by atoms with Gasteiger partial charge in [-0.05, 0) is 24.3 Å². The molecule has 9 nitrogen and oxygen atoms in total. The van der Waals surface area contributed by atoms with Gasteiger partial charge >= 0.3 is 0 Å². The highest BCUT2D eigenvalue weighted by molar-refractivity contribution is 5.90. The standard InChI is InChI=1S/C22H28N4O5/c1-16(27)25-10-8-24(9-11-25)13-18-12-20(28)21(31-3)14-26(18)15-22(29)23-17-4-6-19(30-2)7-5-17/h4-7,12,14H,8-11,13,15H2,1-3H3,(H,23,29). The number of hydrogen-bond donors (Lipinski definition) is 1. The van der Waals surface area contributed by atoms with Crippen LogP contribution in [0.1, 0.15) is 12.6 Å². The molecule has 1 N–H and O–H groups in total. The largest absolute Gasteiger partial charge is 0.497 e. The Labute approximate surface area is 181 Å². The Morgan fingerprint density at radius 2 is 1.71 bits per heavy atom. The third-order valence-corrected chi connectivity index (χ3v) is 5.29. The number of nitrogens with zero attached hydrogens (tertiary/aromatic N) is 3. The zero-order valence-electron chi connectivity index (χ0n) is 18.1. The van der Waals surface area contributed by atoms with Gasteiger partial charge in [0.2, 0.25) is 17.2 Å². The van der Waals surface area contributed by atoms with Gasteiger partial charge in [-0.15, -0.1) is 0 Å². The van der Waals surface area contributed by atoms with E-state index in [1.807, 2.05) is 0 Å². The minimum atomic E-state index is -0.230. The van der Waals surface area contributed by atoms with Crippen LogP contribution >= 0.6 is 0 Å². The van der Waals surface area contributed by atoms with Gasteiger partial charge < -0.3 is 24.3 Å². The first kappa shape index (κ1) is 22.4. The molecule has 1 aliphatic heterocycles. The third-order valence-electron chi connectivity index (χ3n) is 5.29. The molecule has 1 aliphatic rings. The van der Waals surface area contributed by atoms with Crippen LogP contribution in [0.4, 0.5) is 5.69 Å². The summed E-state index contributed by atoms with van der Waals surface area (Å²) in [6.07, 6.45) is 1.57. The summed E-state index contributed by atoms with van der Waals surface area (Å²) in [5.74, 6) is 0.729. The van der Waals surface area contributed by atoms with Crippen molar-refractivity contribution in [2.24, 2.45) is 0 Å². The molecule has 2 amide bonds. The molecule has 1 saturated heterocycles. The zero-order valence-corrected chi connectivity index (χ0v) is 18.1. The van der Waals surface area contributed by atoms with E-state index in [0.29, 0.717) is 49.9 Å². The number of ether oxygens (including phenoxy) is 2. The Hall–Kier alpha value is -3.33. The van der Waals surface area contributed by atoms with Crippen LogP contribution in [0.2, 0.25) is 0 Å². The average molecular weight is 428 g/mol. The summed E-state index contributed by atoms with van der Waals surface area (Å²) in [7, 11) is 3.01. The van der Waals surface area contributed by atoms with E-state index in [2.05, 4.69) is 10.2 Å². The number of piperazine rings is 1. The minimum absolute atomic E-state index is 0.0331. The smallest absolute Gasteiger partial charge is 0.244 e. The summed E-state index contributed by atoms with van der Waals surface area (Å²) >= 11 is 0. The number of carbonyl (C=O) groups excluding carboxylic acids is 2. The Bertz CT molecular complexity index is 978. The lowest BCUT2D eigenvalue weighted by molar-refractivity contribution is -0.130. The van der Waals surface area contributed by atoms with Crippen LogP contribution in [0, 0.1) is 0 Å². The maximum absolute atomic E-state index is 12.6. The van der Waals surface area contributed by atoms with Crippen molar-refractivity contribution < 1.29 is 19.1 Å². The van der Waals surface area contributed by atoms with Crippen LogP contribution in [0.25, 0.3) is 0 Å². The maximum Gasteiger partial charge on any atom is 0.244 e. The van der Waals surface area contributed by atoms with E-state index < -0.39 is 0 Å². The van der Waals surface area contributed by atoms with Crippen molar-refractivity contribution in [3.8, 4) is 11.5 Å². The molecule has 1 aromatic heterocycles. The summed E-state index contributed by atoms with van der Waals surface area (Å²) in [4.78, 5) is 40.5. The quantitative estimate of drug-likeness (QED) is 0.712. The van der Waals surface area contributed by atoms with Gasteiger partial charge in [0, 0.05) is 57.1 Å². The van der Waals surface area contributed by atoms with Crippen molar-refractivity contribution in [1.29, 1.82) is 0 Å². The summed E-state index contributed by atoms with van der Waals surface area (Å²) in [6.45, 7) is 4.81. The Kier molecular flexibility index (Phi) is 7.30. The molecule has 0 radical (unpaired) electrons. The molecule has 0 saturated carbocycles. The van der Waals surface area contributed by atoms with E-state index in [-0.39, 0.29) is 29.5 Å². The molecular formula is C22H28N4O5. The number of methoxy groups -OCH3 is 2. The van der Waals surface area contributed by atoms with Crippen LogP contribution in [0.15, 0.2) is 41.3 Å². The predicted molar refractivity (Wildman–Crippen MR) is 116 cm³/mol. The molecule has 0 unspecified atom stereocenters. The zero-order chi connectivity index (χ0) is 22.4. The second-order valence-corrected chi connectivity index (χ2v) is 7.38. The van der Waals surface area contributed by atoms with Crippen LogP contribution < -0.4 is 20.2 Å². The topological polar surface area (TPSA) is 93.1 Å². The average Bonchev–Trinajstić information content (AvgIpc) is 2.76.